The SMILES string of the molecule is Cc1cc(Cl)ccc1N(CC(=O)Nc1ccc2c(c1)n(C)c(=O)n2C)S(C)(=O)=O. The van der Waals surface area contributed by atoms with E-state index in [1.54, 1.807) is 57.4 Å². The Bertz CT molecular complexity index is 1280. The number of hydrogen-bond acceptors (Lipinski definition) is 4. The molecule has 0 radical (unpaired) electrons. The molecule has 0 bridgehead atoms. The third-order valence-electron chi connectivity index (χ3n) is 4.67. The van der Waals surface area contributed by atoms with Crippen molar-refractivity contribution in [3.8, 4) is 0 Å². The van der Waals surface area contributed by atoms with Crippen LogP contribution in [0.1, 0.15) is 5.56 Å². The second-order valence-electron chi connectivity index (χ2n) is 6.85. The van der Waals surface area contributed by atoms with Gasteiger partial charge in [0.1, 0.15) is 6.54 Å². The summed E-state index contributed by atoms with van der Waals surface area (Å²) in [6.07, 6.45) is 1.04. The lowest BCUT2D eigenvalue weighted by Gasteiger charge is -2.23. The molecule has 3 rings (SSSR count). The molecule has 3 aromatic rings. The van der Waals surface area contributed by atoms with Crippen molar-refractivity contribution < 1.29 is 13.2 Å². The number of benzene rings is 2. The predicted octanol–water partition coefficient (Wildman–Crippen LogP) is 2.24. The molecule has 0 unspecified atom stereocenters. The molecule has 0 saturated carbocycles. The minimum atomic E-state index is -3.70. The third-order valence-corrected chi connectivity index (χ3v) is 6.03. The highest BCUT2D eigenvalue weighted by Crippen LogP contribution is 2.25. The van der Waals surface area contributed by atoms with Crippen LogP contribution in [0.25, 0.3) is 11.0 Å². The van der Waals surface area contributed by atoms with Gasteiger partial charge in [-0.2, -0.15) is 0 Å². The summed E-state index contributed by atoms with van der Waals surface area (Å²) in [4.78, 5) is 24.6. The first-order chi connectivity index (χ1) is 13.5. The van der Waals surface area contributed by atoms with Gasteiger partial charge in [0.2, 0.25) is 15.9 Å². The van der Waals surface area contributed by atoms with Crippen LogP contribution in [0.2, 0.25) is 5.02 Å². The van der Waals surface area contributed by atoms with Crippen LogP contribution in [-0.4, -0.2) is 36.3 Å². The average molecular weight is 437 g/mol. The Morgan fingerprint density at radius 1 is 1.10 bits per heavy atom. The maximum absolute atomic E-state index is 12.6. The van der Waals surface area contributed by atoms with E-state index >= 15 is 0 Å². The lowest BCUT2D eigenvalue weighted by atomic mass is 10.2. The second-order valence-corrected chi connectivity index (χ2v) is 9.20. The first kappa shape index (κ1) is 20.9. The number of aromatic nitrogens is 2. The molecule has 2 aromatic carbocycles. The Morgan fingerprint density at radius 2 is 1.76 bits per heavy atom. The van der Waals surface area contributed by atoms with E-state index in [1.165, 1.54) is 9.13 Å². The summed E-state index contributed by atoms with van der Waals surface area (Å²) < 4.78 is 28.6. The van der Waals surface area contributed by atoms with Gasteiger partial charge < -0.3 is 5.32 Å². The summed E-state index contributed by atoms with van der Waals surface area (Å²) in [6.45, 7) is 1.33. The number of imidazole rings is 1. The molecule has 154 valence electrons. The minimum Gasteiger partial charge on any atom is -0.324 e. The van der Waals surface area contributed by atoms with Crippen molar-refractivity contribution in [3.63, 3.8) is 0 Å². The van der Waals surface area contributed by atoms with Crippen LogP contribution >= 0.6 is 11.6 Å². The molecule has 1 N–H and O–H groups in total. The fraction of sp³-hybridized carbons (Fsp3) is 0.263. The monoisotopic (exact) mass is 436 g/mol. The Morgan fingerprint density at radius 3 is 2.38 bits per heavy atom. The average Bonchev–Trinajstić information content (AvgIpc) is 2.83. The van der Waals surface area contributed by atoms with Gasteiger partial charge in [0.25, 0.3) is 0 Å². The van der Waals surface area contributed by atoms with Gasteiger partial charge >= 0.3 is 5.69 Å². The maximum atomic E-state index is 12.6. The normalized spacial score (nSPS) is 11.6. The number of amides is 1. The van der Waals surface area contributed by atoms with E-state index in [9.17, 15) is 18.0 Å². The molecule has 0 fully saturated rings. The van der Waals surface area contributed by atoms with E-state index in [0.717, 1.165) is 16.1 Å². The maximum Gasteiger partial charge on any atom is 0.328 e. The number of hydrogen-bond donors (Lipinski definition) is 1. The highest BCUT2D eigenvalue weighted by atomic mass is 35.5. The van der Waals surface area contributed by atoms with Gasteiger partial charge in [-0.25, -0.2) is 13.2 Å². The topological polar surface area (TPSA) is 93.4 Å². The number of sulfonamides is 1. The molecular weight excluding hydrogens is 416 g/mol. The standard InChI is InChI=1S/C19H21ClN4O4S/c1-12-9-13(20)5-7-15(12)24(29(4,27)28)11-18(25)21-14-6-8-16-17(10-14)23(3)19(26)22(16)2/h5-10H,11H2,1-4H3,(H,21,25). The van der Waals surface area contributed by atoms with Gasteiger partial charge in [-0.15, -0.1) is 0 Å². The number of carbonyl (C=O) groups is 1. The zero-order valence-corrected chi connectivity index (χ0v) is 18.0. The molecule has 0 aliphatic carbocycles. The molecular formula is C19H21ClN4O4S. The zero-order valence-electron chi connectivity index (χ0n) is 16.4. The number of carbonyl (C=O) groups excluding carboxylic acids is 1. The molecule has 8 nitrogen and oxygen atoms in total. The van der Waals surface area contributed by atoms with Crippen molar-refractivity contribution in [1.82, 2.24) is 9.13 Å². The molecule has 29 heavy (non-hydrogen) atoms. The summed E-state index contributed by atoms with van der Waals surface area (Å²) in [7, 11) is -0.392. The van der Waals surface area contributed by atoms with Gasteiger partial charge in [-0.3, -0.25) is 18.2 Å². The Labute approximate surface area is 173 Å². The second kappa shape index (κ2) is 7.57. The molecule has 0 aliphatic rings. The number of nitrogens with zero attached hydrogens (tertiary/aromatic N) is 3. The van der Waals surface area contributed by atoms with Crippen molar-refractivity contribution >= 4 is 49.9 Å². The quantitative estimate of drug-likeness (QED) is 0.663. The number of rotatable bonds is 5. The molecule has 1 heterocycles. The molecule has 1 amide bonds. The van der Waals surface area contributed by atoms with Crippen LogP contribution < -0.4 is 15.3 Å². The van der Waals surface area contributed by atoms with E-state index in [0.29, 0.717) is 27.5 Å². The third kappa shape index (κ3) is 4.15. The van der Waals surface area contributed by atoms with Crippen molar-refractivity contribution in [2.75, 3.05) is 22.4 Å². The van der Waals surface area contributed by atoms with Crippen molar-refractivity contribution in [2.24, 2.45) is 14.1 Å². The zero-order chi connectivity index (χ0) is 21.5. The number of nitrogens with one attached hydrogen (secondary N) is 1. The molecule has 0 spiro atoms. The van der Waals surface area contributed by atoms with Crippen LogP contribution in [0.3, 0.4) is 0 Å². The van der Waals surface area contributed by atoms with Gasteiger partial charge in [0.15, 0.2) is 0 Å². The molecule has 0 aliphatic heterocycles. The molecule has 0 saturated heterocycles. The van der Waals surface area contributed by atoms with Crippen LogP contribution in [0.15, 0.2) is 41.2 Å². The largest absolute Gasteiger partial charge is 0.328 e. The number of fused-ring (bicyclic) bond motifs is 1. The summed E-state index contributed by atoms with van der Waals surface area (Å²) in [6, 6.07) is 9.84. The minimum absolute atomic E-state index is 0.176. The van der Waals surface area contributed by atoms with E-state index in [4.69, 9.17) is 11.6 Å². The molecule has 10 heteroatoms. The number of halogens is 1. The highest BCUT2D eigenvalue weighted by Gasteiger charge is 2.22. The predicted molar refractivity (Wildman–Crippen MR) is 115 cm³/mol. The molecule has 1 aromatic heterocycles. The van der Waals surface area contributed by atoms with Gasteiger partial charge in [0.05, 0.1) is 23.0 Å². The summed E-state index contributed by atoms with van der Waals surface area (Å²) in [5.74, 6) is -0.509. The lowest BCUT2D eigenvalue weighted by Crippen LogP contribution is -2.37. The smallest absolute Gasteiger partial charge is 0.324 e. The van der Waals surface area contributed by atoms with Crippen LogP contribution in [0.5, 0.6) is 0 Å². The summed E-state index contributed by atoms with van der Waals surface area (Å²) in [5.41, 5.74) is 2.69. The van der Waals surface area contributed by atoms with E-state index in [-0.39, 0.29) is 5.69 Å². The fourth-order valence-electron chi connectivity index (χ4n) is 3.20. The van der Waals surface area contributed by atoms with Crippen LogP contribution in [0, 0.1) is 6.92 Å². The van der Waals surface area contributed by atoms with E-state index in [2.05, 4.69) is 5.32 Å². The van der Waals surface area contributed by atoms with Crippen molar-refractivity contribution in [3.05, 3.63) is 57.5 Å². The van der Waals surface area contributed by atoms with Crippen molar-refractivity contribution in [1.29, 1.82) is 0 Å². The Kier molecular flexibility index (Phi) is 5.46. The van der Waals surface area contributed by atoms with Gasteiger partial charge in [-0.1, -0.05) is 11.6 Å². The summed E-state index contributed by atoms with van der Waals surface area (Å²) in [5, 5.41) is 3.18. The lowest BCUT2D eigenvalue weighted by molar-refractivity contribution is -0.114. The van der Waals surface area contributed by atoms with Crippen molar-refractivity contribution in [2.45, 2.75) is 6.92 Å². The Hall–Kier alpha value is -2.78. The van der Waals surface area contributed by atoms with E-state index < -0.39 is 22.5 Å². The highest BCUT2D eigenvalue weighted by molar-refractivity contribution is 7.92. The first-order valence-corrected chi connectivity index (χ1v) is 10.9. The first-order valence-electron chi connectivity index (χ1n) is 8.68. The van der Waals surface area contributed by atoms with Gasteiger partial charge in [-0.05, 0) is 48.9 Å². The fourth-order valence-corrected chi connectivity index (χ4v) is 4.34. The van der Waals surface area contributed by atoms with Crippen LogP contribution in [-0.2, 0) is 28.9 Å². The number of aryl methyl sites for hydroxylation is 3. The Balaban J connectivity index is 1.88. The number of anilines is 2. The summed E-state index contributed by atoms with van der Waals surface area (Å²) >= 11 is 5.95. The van der Waals surface area contributed by atoms with Gasteiger partial charge in [0, 0.05) is 24.8 Å². The van der Waals surface area contributed by atoms with Crippen LogP contribution in [0.4, 0.5) is 11.4 Å². The van der Waals surface area contributed by atoms with E-state index in [1.807, 2.05) is 0 Å². The molecule has 0 atom stereocenters.